The summed E-state index contributed by atoms with van der Waals surface area (Å²) in [5, 5.41) is 7.96. The molecule has 0 radical (unpaired) electrons. The zero-order valence-electron chi connectivity index (χ0n) is 12.4. The van der Waals surface area contributed by atoms with Gasteiger partial charge >= 0.3 is 5.97 Å². The fraction of sp³-hybridized carbons (Fsp3) is 0.400. The molecule has 0 bridgehead atoms. The zero-order valence-corrected chi connectivity index (χ0v) is 13.1. The number of hydrogen-bond donors (Lipinski definition) is 0. The Morgan fingerprint density at radius 1 is 1.33 bits per heavy atom. The van der Waals surface area contributed by atoms with Crippen molar-refractivity contribution in [2.75, 3.05) is 6.61 Å². The van der Waals surface area contributed by atoms with Gasteiger partial charge in [-0.1, -0.05) is 23.4 Å². The minimum Gasteiger partial charge on any atom is -0.461 e. The van der Waals surface area contributed by atoms with E-state index in [-0.39, 0.29) is 11.6 Å². The maximum atomic E-state index is 11.8. The molecule has 2 rings (SSSR count). The highest BCUT2D eigenvalue weighted by molar-refractivity contribution is 6.17. The van der Waals surface area contributed by atoms with Crippen molar-refractivity contribution in [3.05, 3.63) is 46.3 Å². The molecule has 0 saturated heterocycles. The molecule has 0 amide bonds. The van der Waals surface area contributed by atoms with Crippen LogP contribution in [0.1, 0.15) is 39.8 Å². The molecule has 0 aliphatic rings. The summed E-state index contributed by atoms with van der Waals surface area (Å²) in [5.41, 5.74) is 4.27. The first-order valence-corrected chi connectivity index (χ1v) is 7.32. The van der Waals surface area contributed by atoms with E-state index in [1.54, 1.807) is 11.6 Å². The minimum absolute atomic E-state index is 0.159. The van der Waals surface area contributed by atoms with E-state index in [0.29, 0.717) is 18.8 Å². The third-order valence-electron chi connectivity index (χ3n) is 3.39. The highest BCUT2D eigenvalue weighted by Gasteiger charge is 2.20. The third kappa shape index (κ3) is 3.24. The van der Waals surface area contributed by atoms with Gasteiger partial charge in [-0.3, -0.25) is 0 Å². The van der Waals surface area contributed by atoms with Crippen LogP contribution in [0.15, 0.2) is 18.2 Å². The van der Waals surface area contributed by atoms with Gasteiger partial charge in [0.2, 0.25) is 0 Å². The first-order chi connectivity index (χ1) is 10.1. The molecular weight excluding hydrogens is 290 g/mol. The maximum absolute atomic E-state index is 11.8. The van der Waals surface area contributed by atoms with Gasteiger partial charge in [0.15, 0.2) is 5.69 Å². The number of rotatable bonds is 5. The highest BCUT2D eigenvalue weighted by atomic mass is 35.5. The van der Waals surface area contributed by atoms with Crippen LogP contribution in [-0.2, 0) is 17.2 Å². The van der Waals surface area contributed by atoms with Crippen molar-refractivity contribution < 1.29 is 9.53 Å². The number of carbonyl (C=O) groups is 1. The molecule has 1 aromatic heterocycles. The quantitative estimate of drug-likeness (QED) is 0.629. The molecule has 5 nitrogen and oxygen atoms in total. The molecule has 0 spiro atoms. The van der Waals surface area contributed by atoms with Crippen LogP contribution >= 0.6 is 11.6 Å². The van der Waals surface area contributed by atoms with Crippen LogP contribution in [0.5, 0.6) is 0 Å². The lowest BCUT2D eigenvalue weighted by Gasteiger charge is -2.11. The first kappa shape index (κ1) is 15.5. The summed E-state index contributed by atoms with van der Waals surface area (Å²) in [6.45, 7) is 6.68. The second-order valence-corrected chi connectivity index (χ2v) is 5.03. The number of esters is 1. The summed E-state index contributed by atoms with van der Waals surface area (Å²) in [4.78, 5) is 11.8. The lowest BCUT2D eigenvalue weighted by atomic mass is 10.0. The van der Waals surface area contributed by atoms with E-state index >= 15 is 0 Å². The van der Waals surface area contributed by atoms with Crippen LogP contribution in [0.25, 0.3) is 0 Å². The Labute approximate surface area is 128 Å². The third-order valence-corrected chi connectivity index (χ3v) is 3.64. The number of hydrogen-bond acceptors (Lipinski definition) is 4. The molecule has 1 aromatic carbocycles. The standard InChI is InChI=1S/C15H18ClN3O2/c1-4-21-15(20)14-13(8-16)19(18-17-14)9-12-10(2)6-5-7-11(12)3/h5-7H,4,8-9H2,1-3H3. The number of aryl methyl sites for hydroxylation is 2. The molecule has 6 heteroatoms. The number of halogens is 1. The van der Waals surface area contributed by atoms with Gasteiger partial charge in [0.1, 0.15) is 0 Å². The lowest BCUT2D eigenvalue weighted by molar-refractivity contribution is 0.0518. The molecule has 0 aliphatic carbocycles. The van der Waals surface area contributed by atoms with Crippen molar-refractivity contribution in [3.63, 3.8) is 0 Å². The number of aromatic nitrogens is 3. The van der Waals surface area contributed by atoms with Crippen molar-refractivity contribution in [1.82, 2.24) is 15.0 Å². The number of alkyl halides is 1. The summed E-state index contributed by atoms with van der Waals surface area (Å²) in [6, 6.07) is 6.11. The van der Waals surface area contributed by atoms with Gasteiger partial charge in [-0.15, -0.1) is 16.7 Å². The predicted molar refractivity (Wildman–Crippen MR) is 80.6 cm³/mol. The van der Waals surface area contributed by atoms with Crippen molar-refractivity contribution in [1.29, 1.82) is 0 Å². The Bertz CT molecular complexity index is 632. The Balaban J connectivity index is 2.35. The molecule has 0 N–H and O–H groups in total. The number of benzene rings is 1. The Hall–Kier alpha value is -1.88. The fourth-order valence-corrected chi connectivity index (χ4v) is 2.46. The molecule has 0 fully saturated rings. The lowest BCUT2D eigenvalue weighted by Crippen LogP contribution is -2.11. The maximum Gasteiger partial charge on any atom is 0.360 e. The van der Waals surface area contributed by atoms with Crippen molar-refractivity contribution in [3.8, 4) is 0 Å². The van der Waals surface area contributed by atoms with Gasteiger partial charge < -0.3 is 4.74 Å². The van der Waals surface area contributed by atoms with Crippen molar-refractivity contribution in [2.24, 2.45) is 0 Å². The molecule has 0 aliphatic heterocycles. The normalized spacial score (nSPS) is 10.7. The minimum atomic E-state index is -0.485. The second kappa shape index (κ2) is 6.72. The van der Waals surface area contributed by atoms with E-state index < -0.39 is 5.97 Å². The average Bonchev–Trinajstić information content (AvgIpc) is 2.86. The second-order valence-electron chi connectivity index (χ2n) is 4.77. The van der Waals surface area contributed by atoms with E-state index in [1.807, 2.05) is 32.0 Å². The monoisotopic (exact) mass is 307 g/mol. The van der Waals surface area contributed by atoms with Gasteiger partial charge in [0, 0.05) is 0 Å². The fourth-order valence-electron chi connectivity index (χ4n) is 2.20. The van der Waals surface area contributed by atoms with Gasteiger partial charge in [0.05, 0.1) is 24.7 Å². The molecule has 2 aromatic rings. The predicted octanol–water partition coefficient (Wildman–Crippen LogP) is 2.86. The van der Waals surface area contributed by atoms with E-state index in [4.69, 9.17) is 16.3 Å². The molecule has 21 heavy (non-hydrogen) atoms. The van der Waals surface area contributed by atoms with E-state index in [9.17, 15) is 4.79 Å². The molecule has 0 unspecified atom stereocenters. The number of ether oxygens (including phenoxy) is 1. The van der Waals surface area contributed by atoms with Crippen LogP contribution in [0.3, 0.4) is 0 Å². The van der Waals surface area contributed by atoms with E-state index in [2.05, 4.69) is 10.3 Å². The SMILES string of the molecule is CCOC(=O)c1nnn(Cc2c(C)cccc2C)c1CCl. The van der Waals surface area contributed by atoms with Crippen LogP contribution in [0, 0.1) is 13.8 Å². The largest absolute Gasteiger partial charge is 0.461 e. The van der Waals surface area contributed by atoms with Gasteiger partial charge in [-0.2, -0.15) is 0 Å². The summed E-state index contributed by atoms with van der Waals surface area (Å²) in [5.74, 6) is -0.326. The van der Waals surface area contributed by atoms with Gasteiger partial charge in [0.25, 0.3) is 0 Å². The van der Waals surface area contributed by atoms with Crippen LogP contribution in [0.4, 0.5) is 0 Å². The molecule has 0 saturated carbocycles. The average molecular weight is 308 g/mol. The van der Waals surface area contributed by atoms with E-state index in [0.717, 1.165) is 5.56 Å². The van der Waals surface area contributed by atoms with Crippen molar-refractivity contribution >= 4 is 17.6 Å². The summed E-state index contributed by atoms with van der Waals surface area (Å²) in [7, 11) is 0. The Morgan fingerprint density at radius 3 is 2.57 bits per heavy atom. The number of carbonyl (C=O) groups excluding carboxylic acids is 1. The molecule has 1 heterocycles. The number of nitrogens with zero attached hydrogens (tertiary/aromatic N) is 3. The molecule has 0 atom stereocenters. The molecular formula is C15H18ClN3O2. The highest BCUT2D eigenvalue weighted by Crippen LogP contribution is 2.17. The van der Waals surface area contributed by atoms with Gasteiger partial charge in [-0.05, 0) is 37.5 Å². The van der Waals surface area contributed by atoms with Crippen LogP contribution in [0.2, 0.25) is 0 Å². The van der Waals surface area contributed by atoms with E-state index in [1.165, 1.54) is 11.1 Å². The first-order valence-electron chi connectivity index (χ1n) is 6.79. The molecule has 112 valence electrons. The van der Waals surface area contributed by atoms with Crippen LogP contribution < -0.4 is 0 Å². The Kier molecular flexibility index (Phi) is 4.96. The zero-order chi connectivity index (χ0) is 15.4. The Morgan fingerprint density at radius 2 is 2.00 bits per heavy atom. The van der Waals surface area contributed by atoms with Gasteiger partial charge in [-0.25, -0.2) is 9.48 Å². The van der Waals surface area contributed by atoms with Crippen LogP contribution in [-0.4, -0.2) is 27.6 Å². The van der Waals surface area contributed by atoms with Crippen molar-refractivity contribution in [2.45, 2.75) is 33.2 Å². The summed E-state index contributed by atoms with van der Waals surface area (Å²) >= 11 is 5.96. The summed E-state index contributed by atoms with van der Waals surface area (Å²) < 4.78 is 6.63. The topological polar surface area (TPSA) is 57.0 Å². The summed E-state index contributed by atoms with van der Waals surface area (Å²) in [6.07, 6.45) is 0. The smallest absolute Gasteiger partial charge is 0.360 e.